The Bertz CT molecular complexity index is 429. The second-order valence-corrected chi connectivity index (χ2v) is 2.92. The summed E-state index contributed by atoms with van der Waals surface area (Å²) < 4.78 is 10.7. The lowest BCUT2D eigenvalue weighted by Gasteiger charge is -2.08. The van der Waals surface area contributed by atoms with Crippen molar-refractivity contribution in [3.63, 3.8) is 0 Å². The average molecular weight is 201 g/mol. The van der Waals surface area contributed by atoms with Crippen LogP contribution in [0.5, 0.6) is 17.4 Å². The highest BCUT2D eigenvalue weighted by Gasteiger charge is 2.03. The molecular weight excluding hydrogens is 190 g/mol. The van der Waals surface area contributed by atoms with Crippen LogP contribution >= 0.6 is 0 Å². The molecule has 2 aromatic rings. The van der Waals surface area contributed by atoms with Crippen LogP contribution in [0.25, 0.3) is 0 Å². The fourth-order valence-electron chi connectivity index (χ4n) is 1.22. The van der Waals surface area contributed by atoms with E-state index in [9.17, 15) is 0 Å². The Morgan fingerprint density at radius 3 is 2.33 bits per heavy atom. The molecule has 76 valence electrons. The molecule has 2 rings (SSSR count). The zero-order valence-corrected chi connectivity index (χ0v) is 8.38. The maximum Gasteiger partial charge on any atom is 0.219 e. The lowest BCUT2D eigenvalue weighted by atomic mass is 10.3. The van der Waals surface area contributed by atoms with Crippen molar-refractivity contribution in [1.82, 2.24) is 4.98 Å². The molecule has 3 heteroatoms. The zero-order chi connectivity index (χ0) is 10.5. The second-order valence-electron chi connectivity index (χ2n) is 2.92. The SMILES string of the molecule is COc1ccccc1Oc1ccccn1. The minimum Gasteiger partial charge on any atom is -0.493 e. The van der Waals surface area contributed by atoms with Crippen molar-refractivity contribution in [3.8, 4) is 17.4 Å². The van der Waals surface area contributed by atoms with Crippen LogP contribution in [-0.4, -0.2) is 12.1 Å². The first-order valence-electron chi connectivity index (χ1n) is 4.62. The monoisotopic (exact) mass is 201 g/mol. The van der Waals surface area contributed by atoms with Gasteiger partial charge in [0.2, 0.25) is 5.88 Å². The van der Waals surface area contributed by atoms with Crippen LogP contribution in [0.1, 0.15) is 0 Å². The Balaban J connectivity index is 2.24. The molecule has 0 atom stereocenters. The van der Waals surface area contributed by atoms with E-state index in [1.807, 2.05) is 36.4 Å². The standard InChI is InChI=1S/C12H11NO2/c1-14-10-6-2-3-7-11(10)15-12-8-4-5-9-13-12/h2-9H,1H3. The quantitative estimate of drug-likeness (QED) is 0.765. The van der Waals surface area contributed by atoms with Crippen molar-refractivity contribution in [3.05, 3.63) is 48.7 Å². The van der Waals surface area contributed by atoms with Gasteiger partial charge in [0, 0.05) is 12.3 Å². The van der Waals surface area contributed by atoms with Crippen LogP contribution in [-0.2, 0) is 0 Å². The molecule has 3 nitrogen and oxygen atoms in total. The van der Waals surface area contributed by atoms with Crippen molar-refractivity contribution < 1.29 is 9.47 Å². The van der Waals surface area contributed by atoms with E-state index in [0.717, 1.165) is 0 Å². The summed E-state index contributed by atoms with van der Waals surface area (Å²) in [5.41, 5.74) is 0. The summed E-state index contributed by atoms with van der Waals surface area (Å²) in [6, 6.07) is 13.0. The Hall–Kier alpha value is -2.03. The van der Waals surface area contributed by atoms with E-state index < -0.39 is 0 Å². The van der Waals surface area contributed by atoms with Gasteiger partial charge in [0.1, 0.15) is 0 Å². The van der Waals surface area contributed by atoms with E-state index in [4.69, 9.17) is 9.47 Å². The number of para-hydroxylation sites is 2. The average Bonchev–Trinajstić information content (AvgIpc) is 2.31. The highest BCUT2D eigenvalue weighted by atomic mass is 16.5. The van der Waals surface area contributed by atoms with E-state index in [-0.39, 0.29) is 0 Å². The number of hydrogen-bond donors (Lipinski definition) is 0. The zero-order valence-electron chi connectivity index (χ0n) is 8.38. The fourth-order valence-corrected chi connectivity index (χ4v) is 1.22. The molecule has 0 aliphatic heterocycles. The largest absolute Gasteiger partial charge is 0.493 e. The maximum atomic E-state index is 5.56. The number of ether oxygens (including phenoxy) is 2. The van der Waals surface area contributed by atoms with E-state index in [1.54, 1.807) is 19.4 Å². The maximum absolute atomic E-state index is 5.56. The predicted octanol–water partition coefficient (Wildman–Crippen LogP) is 2.88. The Labute approximate surface area is 88.3 Å². The number of pyridine rings is 1. The summed E-state index contributed by atoms with van der Waals surface area (Å²) in [6.07, 6.45) is 1.69. The fraction of sp³-hybridized carbons (Fsp3) is 0.0833. The molecule has 0 radical (unpaired) electrons. The normalized spacial score (nSPS) is 9.67. The van der Waals surface area contributed by atoms with E-state index >= 15 is 0 Å². The molecule has 1 aromatic carbocycles. The lowest BCUT2D eigenvalue weighted by Crippen LogP contribution is -1.90. The van der Waals surface area contributed by atoms with Crippen LogP contribution in [0.15, 0.2) is 48.7 Å². The van der Waals surface area contributed by atoms with Gasteiger partial charge in [-0.1, -0.05) is 18.2 Å². The highest BCUT2D eigenvalue weighted by Crippen LogP contribution is 2.29. The lowest BCUT2D eigenvalue weighted by molar-refractivity contribution is 0.374. The summed E-state index contributed by atoms with van der Waals surface area (Å²) in [5, 5.41) is 0. The topological polar surface area (TPSA) is 31.4 Å². The third-order valence-electron chi connectivity index (χ3n) is 1.92. The Kier molecular flexibility index (Phi) is 2.83. The molecule has 0 fully saturated rings. The molecule has 0 bridgehead atoms. The van der Waals surface area contributed by atoms with Crippen LogP contribution in [0.2, 0.25) is 0 Å². The van der Waals surface area contributed by atoms with Crippen molar-refractivity contribution in [2.45, 2.75) is 0 Å². The van der Waals surface area contributed by atoms with Gasteiger partial charge in [0.25, 0.3) is 0 Å². The first-order chi connectivity index (χ1) is 7.40. The molecule has 1 aromatic heterocycles. The van der Waals surface area contributed by atoms with Crippen LogP contribution in [0.4, 0.5) is 0 Å². The molecule has 0 aliphatic carbocycles. The summed E-state index contributed by atoms with van der Waals surface area (Å²) in [5.74, 6) is 1.92. The van der Waals surface area contributed by atoms with Crippen LogP contribution in [0, 0.1) is 0 Å². The third-order valence-corrected chi connectivity index (χ3v) is 1.92. The van der Waals surface area contributed by atoms with E-state index in [2.05, 4.69) is 4.98 Å². The third kappa shape index (κ3) is 2.26. The summed E-state index contributed by atoms with van der Waals surface area (Å²) in [4.78, 5) is 4.07. The Morgan fingerprint density at radius 2 is 1.67 bits per heavy atom. The van der Waals surface area contributed by atoms with Gasteiger partial charge in [-0.25, -0.2) is 4.98 Å². The molecule has 15 heavy (non-hydrogen) atoms. The molecule has 0 saturated carbocycles. The van der Waals surface area contributed by atoms with Gasteiger partial charge in [-0.3, -0.25) is 0 Å². The molecule has 0 aliphatic rings. The highest BCUT2D eigenvalue weighted by molar-refractivity contribution is 5.41. The van der Waals surface area contributed by atoms with Gasteiger partial charge in [0.15, 0.2) is 11.5 Å². The summed E-state index contributed by atoms with van der Waals surface area (Å²) in [6.45, 7) is 0. The van der Waals surface area contributed by atoms with Gasteiger partial charge in [-0.15, -0.1) is 0 Å². The van der Waals surface area contributed by atoms with Gasteiger partial charge in [-0.05, 0) is 18.2 Å². The molecule has 1 heterocycles. The molecule has 0 unspecified atom stereocenters. The van der Waals surface area contributed by atoms with Gasteiger partial charge in [-0.2, -0.15) is 0 Å². The van der Waals surface area contributed by atoms with Crippen LogP contribution in [0.3, 0.4) is 0 Å². The number of benzene rings is 1. The molecule has 0 N–H and O–H groups in total. The predicted molar refractivity (Wildman–Crippen MR) is 57.3 cm³/mol. The van der Waals surface area contributed by atoms with Gasteiger partial charge >= 0.3 is 0 Å². The summed E-state index contributed by atoms with van der Waals surface area (Å²) >= 11 is 0. The van der Waals surface area contributed by atoms with Crippen molar-refractivity contribution in [2.24, 2.45) is 0 Å². The number of hydrogen-bond acceptors (Lipinski definition) is 3. The first kappa shape index (κ1) is 9.52. The number of methoxy groups -OCH3 is 1. The van der Waals surface area contributed by atoms with Crippen molar-refractivity contribution >= 4 is 0 Å². The van der Waals surface area contributed by atoms with Gasteiger partial charge < -0.3 is 9.47 Å². The summed E-state index contributed by atoms with van der Waals surface area (Å²) in [7, 11) is 1.61. The molecular formula is C12H11NO2. The smallest absolute Gasteiger partial charge is 0.219 e. The van der Waals surface area contributed by atoms with Crippen molar-refractivity contribution in [1.29, 1.82) is 0 Å². The molecule has 0 saturated heterocycles. The number of nitrogens with zero attached hydrogens (tertiary/aromatic N) is 1. The van der Waals surface area contributed by atoms with Crippen LogP contribution < -0.4 is 9.47 Å². The van der Waals surface area contributed by atoms with E-state index in [0.29, 0.717) is 17.4 Å². The first-order valence-corrected chi connectivity index (χ1v) is 4.62. The number of aromatic nitrogens is 1. The van der Waals surface area contributed by atoms with Crippen molar-refractivity contribution in [2.75, 3.05) is 7.11 Å². The minimum atomic E-state index is 0.557. The minimum absolute atomic E-state index is 0.557. The number of rotatable bonds is 3. The van der Waals surface area contributed by atoms with E-state index in [1.165, 1.54) is 0 Å². The van der Waals surface area contributed by atoms with Gasteiger partial charge in [0.05, 0.1) is 7.11 Å². The molecule has 0 spiro atoms. The second kappa shape index (κ2) is 4.46. The Morgan fingerprint density at radius 1 is 0.933 bits per heavy atom. The molecule has 0 amide bonds.